The summed E-state index contributed by atoms with van der Waals surface area (Å²) in [4.78, 5) is 25.8. The first-order chi connectivity index (χ1) is 12.7. The summed E-state index contributed by atoms with van der Waals surface area (Å²) < 4.78 is 5.42. The molecular weight excluding hydrogens is 348 g/mol. The Balaban J connectivity index is 1.57. The zero-order valence-electron chi connectivity index (χ0n) is 14.7. The van der Waals surface area contributed by atoms with E-state index in [4.69, 9.17) is 4.74 Å². The number of hydrogen-bond acceptors (Lipinski definition) is 4. The summed E-state index contributed by atoms with van der Waals surface area (Å²) in [7, 11) is 1.57. The normalized spacial score (nSPS) is 13.7. The van der Waals surface area contributed by atoms with Crippen LogP contribution in [-0.4, -0.2) is 31.2 Å². The average Bonchev–Trinajstić information content (AvgIpc) is 3.08. The molecule has 0 aliphatic carbocycles. The molecule has 0 radical (unpaired) electrons. The first kappa shape index (κ1) is 18.3. The Hall–Kier alpha value is -2.47. The lowest BCUT2D eigenvalue weighted by Crippen LogP contribution is -2.24. The zero-order valence-corrected chi connectivity index (χ0v) is 15.6. The van der Waals surface area contributed by atoms with Crippen LogP contribution in [-0.2, 0) is 15.3 Å². The first-order valence-corrected chi connectivity index (χ1v) is 9.73. The summed E-state index contributed by atoms with van der Waals surface area (Å²) in [5.41, 5.74) is 2.63. The molecule has 1 heterocycles. The number of hydrogen-bond donors (Lipinski definition) is 1. The minimum absolute atomic E-state index is 0.0574. The first-order valence-electron chi connectivity index (χ1n) is 8.57. The van der Waals surface area contributed by atoms with Gasteiger partial charge in [0.05, 0.1) is 18.6 Å². The predicted molar refractivity (Wildman–Crippen MR) is 106 cm³/mol. The Labute approximate surface area is 157 Å². The highest BCUT2D eigenvalue weighted by Gasteiger charge is 2.24. The number of methoxy groups -OCH3 is 1. The van der Waals surface area contributed by atoms with E-state index in [0.29, 0.717) is 30.2 Å². The van der Waals surface area contributed by atoms with Gasteiger partial charge in [-0.3, -0.25) is 9.59 Å². The van der Waals surface area contributed by atoms with Crippen LogP contribution in [0, 0.1) is 0 Å². The maximum atomic E-state index is 12.2. The van der Waals surface area contributed by atoms with Crippen molar-refractivity contribution in [2.75, 3.05) is 29.6 Å². The minimum atomic E-state index is -0.0574. The Morgan fingerprint density at radius 3 is 2.73 bits per heavy atom. The molecule has 2 amide bonds. The summed E-state index contributed by atoms with van der Waals surface area (Å²) in [6.07, 6.45) is 1.43. The van der Waals surface area contributed by atoms with E-state index in [9.17, 15) is 9.59 Å². The van der Waals surface area contributed by atoms with Gasteiger partial charge in [0.2, 0.25) is 11.8 Å². The van der Waals surface area contributed by atoms with Gasteiger partial charge < -0.3 is 15.0 Å². The largest absolute Gasteiger partial charge is 0.494 e. The fraction of sp³-hybridized carbons (Fsp3) is 0.300. The third-order valence-corrected chi connectivity index (χ3v) is 5.18. The molecule has 0 saturated carbocycles. The molecule has 1 fully saturated rings. The molecule has 0 spiro atoms. The Bertz CT molecular complexity index is 780. The summed E-state index contributed by atoms with van der Waals surface area (Å²) >= 11 is 1.57. The van der Waals surface area contributed by atoms with Crippen molar-refractivity contribution >= 4 is 35.0 Å². The van der Waals surface area contributed by atoms with Crippen LogP contribution in [0.1, 0.15) is 18.4 Å². The molecule has 0 atom stereocenters. The third-order valence-electron chi connectivity index (χ3n) is 4.17. The molecule has 0 unspecified atom stereocenters. The summed E-state index contributed by atoms with van der Waals surface area (Å²) in [6, 6.07) is 15.5. The second-order valence-electron chi connectivity index (χ2n) is 6.06. The second kappa shape index (κ2) is 8.76. The van der Waals surface area contributed by atoms with Crippen molar-refractivity contribution in [3.8, 4) is 5.75 Å². The monoisotopic (exact) mass is 370 g/mol. The number of nitrogens with one attached hydrogen (secondary N) is 1. The predicted octanol–water partition coefficient (Wildman–Crippen LogP) is 3.69. The lowest BCUT2D eigenvalue weighted by atomic mass is 10.2. The molecular formula is C20H22N2O3S. The van der Waals surface area contributed by atoms with Crippen LogP contribution in [0.2, 0.25) is 0 Å². The highest BCUT2D eigenvalue weighted by Crippen LogP contribution is 2.33. The maximum absolute atomic E-state index is 12.2. The van der Waals surface area contributed by atoms with Gasteiger partial charge in [-0.1, -0.05) is 30.3 Å². The number of amides is 2. The highest BCUT2D eigenvalue weighted by atomic mass is 32.2. The van der Waals surface area contributed by atoms with Crippen LogP contribution in [0.3, 0.4) is 0 Å². The van der Waals surface area contributed by atoms with Crippen molar-refractivity contribution in [1.82, 2.24) is 0 Å². The van der Waals surface area contributed by atoms with Gasteiger partial charge in [-0.25, -0.2) is 0 Å². The molecule has 3 rings (SSSR count). The van der Waals surface area contributed by atoms with Gasteiger partial charge in [0.15, 0.2) is 0 Å². The molecule has 1 aliphatic rings. The van der Waals surface area contributed by atoms with E-state index in [1.807, 2.05) is 42.5 Å². The Morgan fingerprint density at radius 2 is 2.04 bits per heavy atom. The van der Waals surface area contributed by atoms with E-state index in [-0.39, 0.29) is 11.8 Å². The van der Waals surface area contributed by atoms with Crippen molar-refractivity contribution in [3.05, 3.63) is 54.1 Å². The van der Waals surface area contributed by atoms with Crippen LogP contribution in [0.15, 0.2) is 48.5 Å². The van der Waals surface area contributed by atoms with E-state index in [2.05, 4.69) is 5.32 Å². The van der Waals surface area contributed by atoms with Gasteiger partial charge in [0.1, 0.15) is 5.75 Å². The van der Waals surface area contributed by atoms with Crippen molar-refractivity contribution < 1.29 is 14.3 Å². The molecule has 0 bridgehead atoms. The van der Waals surface area contributed by atoms with Crippen LogP contribution >= 0.6 is 11.8 Å². The average molecular weight is 370 g/mol. The van der Waals surface area contributed by atoms with E-state index in [1.54, 1.807) is 29.8 Å². The third kappa shape index (κ3) is 4.58. The second-order valence-corrected chi connectivity index (χ2v) is 7.05. The Morgan fingerprint density at radius 1 is 1.23 bits per heavy atom. The lowest BCUT2D eigenvalue weighted by molar-refractivity contribution is -0.117. The molecule has 5 nitrogen and oxygen atoms in total. The van der Waals surface area contributed by atoms with E-state index in [0.717, 1.165) is 17.9 Å². The number of ether oxygens (including phenoxy) is 1. The van der Waals surface area contributed by atoms with E-state index >= 15 is 0 Å². The molecule has 1 N–H and O–H groups in total. The zero-order chi connectivity index (χ0) is 18.4. The van der Waals surface area contributed by atoms with Crippen molar-refractivity contribution in [3.63, 3.8) is 0 Å². The van der Waals surface area contributed by atoms with Gasteiger partial charge in [-0.15, -0.1) is 11.8 Å². The number of carbonyl (C=O) groups is 2. The minimum Gasteiger partial charge on any atom is -0.494 e. The number of benzene rings is 2. The topological polar surface area (TPSA) is 58.6 Å². The van der Waals surface area contributed by atoms with Crippen LogP contribution in [0.25, 0.3) is 0 Å². The summed E-state index contributed by atoms with van der Waals surface area (Å²) in [5.74, 6) is 1.82. The smallest absolute Gasteiger partial charge is 0.234 e. The van der Waals surface area contributed by atoms with Gasteiger partial charge in [0, 0.05) is 30.5 Å². The van der Waals surface area contributed by atoms with Gasteiger partial charge in [0.25, 0.3) is 0 Å². The molecule has 0 aromatic heterocycles. The fourth-order valence-electron chi connectivity index (χ4n) is 2.91. The molecule has 1 aliphatic heterocycles. The standard InChI is InChI=1S/C20H22N2O3S/c1-25-18-12-16(9-10-17(18)22-11-5-8-20(22)24)21-19(23)14-26-13-15-6-3-2-4-7-15/h2-4,6-7,9-10,12H,5,8,11,13-14H2,1H3,(H,21,23). The van der Waals surface area contributed by atoms with Gasteiger partial charge in [-0.2, -0.15) is 0 Å². The van der Waals surface area contributed by atoms with Crippen molar-refractivity contribution in [2.24, 2.45) is 0 Å². The van der Waals surface area contributed by atoms with E-state index in [1.165, 1.54) is 5.56 Å². The quantitative estimate of drug-likeness (QED) is 0.807. The van der Waals surface area contributed by atoms with Crippen LogP contribution in [0.5, 0.6) is 5.75 Å². The number of anilines is 2. The number of rotatable bonds is 7. The number of thioether (sulfide) groups is 1. The van der Waals surface area contributed by atoms with Crippen molar-refractivity contribution in [2.45, 2.75) is 18.6 Å². The summed E-state index contributed by atoms with van der Waals surface area (Å²) in [6.45, 7) is 0.705. The van der Waals surface area contributed by atoms with Crippen LogP contribution in [0.4, 0.5) is 11.4 Å². The van der Waals surface area contributed by atoms with Crippen LogP contribution < -0.4 is 15.0 Å². The Kier molecular flexibility index (Phi) is 6.17. The van der Waals surface area contributed by atoms with Crippen molar-refractivity contribution in [1.29, 1.82) is 0 Å². The molecule has 136 valence electrons. The van der Waals surface area contributed by atoms with Gasteiger partial charge in [-0.05, 0) is 24.1 Å². The number of carbonyl (C=O) groups excluding carboxylic acids is 2. The summed E-state index contributed by atoms with van der Waals surface area (Å²) in [5, 5.41) is 2.89. The molecule has 1 saturated heterocycles. The van der Waals surface area contributed by atoms with E-state index < -0.39 is 0 Å². The maximum Gasteiger partial charge on any atom is 0.234 e. The molecule has 26 heavy (non-hydrogen) atoms. The molecule has 6 heteroatoms. The molecule has 2 aromatic rings. The SMILES string of the molecule is COc1cc(NC(=O)CSCc2ccccc2)ccc1N1CCCC1=O. The fourth-order valence-corrected chi connectivity index (χ4v) is 3.70. The number of nitrogens with zero attached hydrogens (tertiary/aromatic N) is 1. The lowest BCUT2D eigenvalue weighted by Gasteiger charge is -2.19. The highest BCUT2D eigenvalue weighted by molar-refractivity contribution is 7.99. The van der Waals surface area contributed by atoms with Gasteiger partial charge >= 0.3 is 0 Å². The molecule has 2 aromatic carbocycles.